The van der Waals surface area contributed by atoms with Gasteiger partial charge in [-0.15, -0.1) is 0 Å². The predicted molar refractivity (Wildman–Crippen MR) is 59.2 cm³/mol. The molecule has 0 aliphatic rings. The second-order valence-corrected chi connectivity index (χ2v) is 3.25. The Morgan fingerprint density at radius 3 is 2.72 bits per heavy atom. The van der Waals surface area contributed by atoms with Gasteiger partial charge in [0.05, 0.1) is 4.92 Å². The number of nitrogens with zero attached hydrogens (tertiary/aromatic N) is 2. The van der Waals surface area contributed by atoms with Crippen LogP contribution < -0.4 is 16.6 Å². The molecule has 0 aromatic carbocycles. The minimum absolute atomic E-state index is 0.120. The monoisotopic (exact) mass is 263 g/mol. The maximum absolute atomic E-state index is 12.1. The van der Waals surface area contributed by atoms with Gasteiger partial charge in [0.25, 0.3) is 6.43 Å². The quantitative estimate of drug-likeness (QED) is 0.330. The molecule has 1 aromatic rings. The number of aliphatic hydroxyl groups is 1. The van der Waals surface area contributed by atoms with E-state index in [4.69, 9.17) is 10.9 Å². The van der Waals surface area contributed by atoms with Crippen LogP contribution in [0.2, 0.25) is 0 Å². The molecule has 18 heavy (non-hydrogen) atoms. The van der Waals surface area contributed by atoms with Gasteiger partial charge in [-0.2, -0.15) is 0 Å². The van der Waals surface area contributed by atoms with Crippen molar-refractivity contribution in [2.75, 3.05) is 17.3 Å². The summed E-state index contributed by atoms with van der Waals surface area (Å²) in [5.74, 6) is 4.94. The van der Waals surface area contributed by atoms with E-state index in [-0.39, 0.29) is 11.6 Å². The number of rotatable bonds is 6. The van der Waals surface area contributed by atoms with E-state index in [0.29, 0.717) is 0 Å². The van der Waals surface area contributed by atoms with E-state index in [1.807, 2.05) is 0 Å². The van der Waals surface area contributed by atoms with Crippen LogP contribution >= 0.6 is 0 Å². The number of nitro groups is 1. The van der Waals surface area contributed by atoms with Gasteiger partial charge in [-0.3, -0.25) is 10.1 Å². The normalized spacial score (nSPS) is 12.3. The number of alkyl halides is 2. The van der Waals surface area contributed by atoms with Crippen LogP contribution in [0.1, 0.15) is 0 Å². The van der Waals surface area contributed by atoms with E-state index in [0.717, 1.165) is 6.07 Å². The van der Waals surface area contributed by atoms with Gasteiger partial charge in [0.1, 0.15) is 11.9 Å². The number of hydrogen-bond acceptors (Lipinski definition) is 7. The smallest absolute Gasteiger partial charge is 0.311 e. The maximum Gasteiger partial charge on any atom is 0.311 e. The lowest BCUT2D eigenvalue weighted by Gasteiger charge is -2.11. The third-order valence-corrected chi connectivity index (χ3v) is 1.99. The van der Waals surface area contributed by atoms with Crippen LogP contribution in [0.15, 0.2) is 12.1 Å². The Hall–Kier alpha value is -2.07. The van der Waals surface area contributed by atoms with E-state index in [1.165, 1.54) is 6.07 Å². The summed E-state index contributed by atoms with van der Waals surface area (Å²) in [5, 5.41) is 21.8. The lowest BCUT2D eigenvalue weighted by molar-refractivity contribution is -0.384. The first-order chi connectivity index (χ1) is 8.45. The van der Waals surface area contributed by atoms with Crippen molar-refractivity contribution in [1.29, 1.82) is 0 Å². The minimum atomic E-state index is -2.95. The summed E-state index contributed by atoms with van der Waals surface area (Å²) in [4.78, 5) is 13.6. The first kappa shape index (κ1) is 14.0. The van der Waals surface area contributed by atoms with Gasteiger partial charge in [-0.1, -0.05) is 0 Å². The SMILES string of the molecule is NNc1ccc([N+](=O)[O-])c(NCC(O)C(F)F)n1. The molecule has 10 heteroatoms. The molecule has 0 aliphatic carbocycles. The molecule has 0 aliphatic heterocycles. The van der Waals surface area contributed by atoms with E-state index >= 15 is 0 Å². The highest BCUT2D eigenvalue weighted by molar-refractivity contribution is 5.60. The molecule has 1 unspecified atom stereocenters. The molecular weight excluding hydrogens is 252 g/mol. The fourth-order valence-electron chi connectivity index (χ4n) is 1.10. The molecule has 1 aromatic heterocycles. The molecule has 5 N–H and O–H groups in total. The highest BCUT2D eigenvalue weighted by Gasteiger charge is 2.20. The van der Waals surface area contributed by atoms with Gasteiger partial charge in [0.15, 0.2) is 0 Å². The summed E-state index contributed by atoms with van der Waals surface area (Å²) in [6, 6.07) is 2.37. The van der Waals surface area contributed by atoms with Crippen LogP contribution in [0.3, 0.4) is 0 Å². The second-order valence-electron chi connectivity index (χ2n) is 3.25. The third kappa shape index (κ3) is 3.46. The van der Waals surface area contributed by atoms with Crippen molar-refractivity contribution in [1.82, 2.24) is 4.98 Å². The second kappa shape index (κ2) is 6.02. The zero-order valence-electron chi connectivity index (χ0n) is 9.01. The van der Waals surface area contributed by atoms with Crippen LogP contribution in [-0.2, 0) is 0 Å². The Morgan fingerprint density at radius 2 is 2.22 bits per heavy atom. The van der Waals surface area contributed by atoms with Crippen molar-refractivity contribution in [2.45, 2.75) is 12.5 Å². The molecule has 8 nitrogen and oxygen atoms in total. The fraction of sp³-hybridized carbons (Fsp3) is 0.375. The standard InChI is InChI=1S/C8H11F2N5O3/c9-7(10)5(16)3-12-8-4(15(17)18)1-2-6(13-8)14-11/h1-2,5,7,16H,3,11H2,(H2,12,13,14). The number of nitrogens with one attached hydrogen (secondary N) is 2. The molecule has 0 bridgehead atoms. The molecule has 1 atom stereocenters. The summed E-state index contributed by atoms with van der Waals surface area (Å²) in [5.41, 5.74) is 1.75. The first-order valence-corrected chi connectivity index (χ1v) is 4.78. The van der Waals surface area contributed by atoms with Gasteiger partial charge in [0.2, 0.25) is 5.82 Å². The summed E-state index contributed by atoms with van der Waals surface area (Å²) in [6.07, 6.45) is -4.90. The number of hydrazine groups is 1. The van der Waals surface area contributed by atoms with Crippen LogP contribution in [0, 0.1) is 10.1 Å². The lowest BCUT2D eigenvalue weighted by Crippen LogP contribution is -2.27. The Balaban J connectivity index is 2.87. The molecule has 100 valence electrons. The van der Waals surface area contributed by atoms with Crippen molar-refractivity contribution < 1.29 is 18.8 Å². The Kier molecular flexibility index (Phi) is 4.68. The summed E-state index contributed by atoms with van der Waals surface area (Å²) in [6.45, 7) is -0.570. The Labute approximate surface area is 99.9 Å². The van der Waals surface area contributed by atoms with Crippen molar-refractivity contribution >= 4 is 17.3 Å². The third-order valence-electron chi connectivity index (χ3n) is 1.99. The number of hydrogen-bond donors (Lipinski definition) is 4. The van der Waals surface area contributed by atoms with Crippen LogP contribution in [0.5, 0.6) is 0 Å². The topological polar surface area (TPSA) is 126 Å². The van der Waals surface area contributed by atoms with Crippen molar-refractivity contribution in [2.24, 2.45) is 5.84 Å². The van der Waals surface area contributed by atoms with Crippen molar-refractivity contribution in [3.05, 3.63) is 22.2 Å². The van der Waals surface area contributed by atoms with E-state index in [9.17, 15) is 18.9 Å². The van der Waals surface area contributed by atoms with E-state index < -0.39 is 29.7 Å². The lowest BCUT2D eigenvalue weighted by atomic mass is 10.3. The Morgan fingerprint density at radius 1 is 1.56 bits per heavy atom. The molecule has 1 rings (SSSR count). The van der Waals surface area contributed by atoms with Crippen LogP contribution in [-0.4, -0.2) is 34.1 Å². The summed E-state index contributed by atoms with van der Waals surface area (Å²) in [7, 11) is 0. The maximum atomic E-state index is 12.1. The minimum Gasteiger partial charge on any atom is -0.385 e. The Bertz CT molecular complexity index is 431. The number of aliphatic hydroxyl groups excluding tert-OH is 1. The summed E-state index contributed by atoms with van der Waals surface area (Å²) >= 11 is 0. The molecule has 1 heterocycles. The molecule has 0 saturated heterocycles. The number of pyridine rings is 1. The van der Waals surface area contributed by atoms with Gasteiger partial charge >= 0.3 is 5.69 Å². The highest BCUT2D eigenvalue weighted by atomic mass is 19.3. The van der Waals surface area contributed by atoms with Gasteiger partial charge in [-0.05, 0) is 6.07 Å². The fourth-order valence-corrected chi connectivity index (χ4v) is 1.10. The largest absolute Gasteiger partial charge is 0.385 e. The van der Waals surface area contributed by atoms with E-state index in [1.54, 1.807) is 0 Å². The summed E-state index contributed by atoms with van der Waals surface area (Å²) < 4.78 is 24.1. The highest BCUT2D eigenvalue weighted by Crippen LogP contribution is 2.23. The predicted octanol–water partition coefficient (Wildman–Crippen LogP) is 0.313. The van der Waals surface area contributed by atoms with Gasteiger partial charge in [0, 0.05) is 12.6 Å². The van der Waals surface area contributed by atoms with Gasteiger partial charge in [-0.25, -0.2) is 19.6 Å². The number of nitrogens with two attached hydrogens (primary N) is 1. The van der Waals surface area contributed by atoms with Crippen LogP contribution in [0.4, 0.5) is 26.1 Å². The van der Waals surface area contributed by atoms with Gasteiger partial charge < -0.3 is 15.8 Å². The number of nitrogen functional groups attached to an aromatic ring is 1. The van der Waals surface area contributed by atoms with E-state index in [2.05, 4.69) is 15.7 Å². The molecule has 0 spiro atoms. The zero-order valence-corrected chi connectivity index (χ0v) is 9.01. The van der Waals surface area contributed by atoms with Crippen LogP contribution in [0.25, 0.3) is 0 Å². The number of aromatic nitrogens is 1. The molecule has 0 saturated carbocycles. The molecular formula is C8H11F2N5O3. The zero-order chi connectivity index (χ0) is 13.7. The molecule has 0 amide bonds. The first-order valence-electron chi connectivity index (χ1n) is 4.78. The average Bonchev–Trinajstić information content (AvgIpc) is 2.34. The molecule has 0 radical (unpaired) electrons. The number of anilines is 2. The average molecular weight is 263 g/mol. The van der Waals surface area contributed by atoms with Crippen molar-refractivity contribution in [3.8, 4) is 0 Å². The molecule has 0 fully saturated rings. The van der Waals surface area contributed by atoms with Crippen molar-refractivity contribution in [3.63, 3.8) is 0 Å². The number of halogens is 2.